The molecule has 1 fully saturated rings. The third-order valence-electron chi connectivity index (χ3n) is 25.0. The largest absolute Gasteiger partial charge is 0.494 e. The van der Waals surface area contributed by atoms with Crippen molar-refractivity contribution in [3.05, 3.63) is 462 Å². The van der Waals surface area contributed by atoms with Gasteiger partial charge in [-0.2, -0.15) is 9.97 Å². The van der Waals surface area contributed by atoms with Crippen LogP contribution in [0, 0.1) is 0 Å². The quantitative estimate of drug-likeness (QED) is 0.0863. The Morgan fingerprint density at radius 2 is 0.540 bits per heavy atom. The molecule has 10 nitrogen and oxygen atoms in total. The molecule has 0 bridgehead atoms. The molecule has 23 rings (SSSR count). The van der Waals surface area contributed by atoms with Gasteiger partial charge in [-0.05, 0) is 130 Å². The predicted molar refractivity (Wildman–Crippen MR) is 505 cm³/mol. The summed E-state index contributed by atoms with van der Waals surface area (Å²) in [5, 5.41) is 7.16. The van der Waals surface area contributed by atoms with Gasteiger partial charge in [0.2, 0.25) is 5.28 Å². The molecule has 5 heterocycles. The van der Waals surface area contributed by atoms with E-state index in [0.717, 1.165) is 88.4 Å². The van der Waals surface area contributed by atoms with Crippen molar-refractivity contribution < 1.29 is 9.31 Å². The van der Waals surface area contributed by atoms with Crippen LogP contribution in [0.1, 0.15) is 72.2 Å². The van der Waals surface area contributed by atoms with Crippen molar-refractivity contribution in [2.75, 3.05) is 0 Å². The van der Waals surface area contributed by atoms with E-state index in [4.69, 9.17) is 45.8 Å². The summed E-state index contributed by atoms with van der Waals surface area (Å²) in [6.45, 7) is 8.38. The van der Waals surface area contributed by atoms with E-state index in [9.17, 15) is 0 Å². The van der Waals surface area contributed by atoms with Gasteiger partial charge in [-0.25, -0.2) is 29.9 Å². The van der Waals surface area contributed by atoms with Crippen molar-refractivity contribution in [1.82, 2.24) is 39.9 Å². The molecule has 124 heavy (non-hydrogen) atoms. The van der Waals surface area contributed by atoms with Crippen LogP contribution in [-0.4, -0.2) is 58.2 Å². The molecular weight excluding hydrogens is 1540 g/mol. The molecule has 3 aliphatic rings. The topological polar surface area (TPSA) is 122 Å². The molecule has 4 aromatic heterocycles. The van der Waals surface area contributed by atoms with Crippen molar-refractivity contribution in [1.29, 1.82) is 0 Å². The van der Waals surface area contributed by atoms with Gasteiger partial charge in [0.15, 0.2) is 29.1 Å². The molecule has 0 amide bonds. The zero-order chi connectivity index (χ0) is 83.5. The highest BCUT2D eigenvalue weighted by Gasteiger charge is 2.53. The SMILES string of the molecule is CC1(C)OB(c2cccc(-c3nc4ccccc4c4c5c(ccc34)C(c3ccccc3)(c3ccccc3)c3ccccc3-5)c2)OC1(C)C.Clc1nc(-c2ccccc2)nc(-c2ccccc2)n1.c1ccc(-c2nc(-c3ccccc3)nc(-c3cccc(-c4nc5ccccc5c5c6c(ccc45)C(c4ccccc4)(c4ccccc4)c4ccccc4-6)c3)n2)cc1. The molecular formula is C112H80BClN8O2. The molecule has 0 atom stereocenters. The third kappa shape index (κ3) is 13.2. The lowest BCUT2D eigenvalue weighted by molar-refractivity contribution is 0.00578. The summed E-state index contributed by atoms with van der Waals surface area (Å²) in [4.78, 5) is 38.6. The van der Waals surface area contributed by atoms with Crippen LogP contribution in [0.15, 0.2) is 413 Å². The third-order valence-corrected chi connectivity index (χ3v) is 25.2. The normalized spacial score (nSPS) is 14.0. The number of halogens is 1. The first-order valence-corrected chi connectivity index (χ1v) is 42.4. The van der Waals surface area contributed by atoms with E-state index in [-0.39, 0.29) is 5.28 Å². The Bertz CT molecular complexity index is 7230. The minimum atomic E-state index is -0.501. The smallest absolute Gasteiger partial charge is 0.399 e. The molecule has 0 N–H and O–H groups in total. The molecule has 1 aliphatic heterocycles. The van der Waals surface area contributed by atoms with Gasteiger partial charge in [-0.3, -0.25) is 0 Å². The standard InChI is InChI=1S/C53H34N4.C44H36BNO2.C15H10ClN3/c1-5-18-35(19-6-1)50-55-51(36-20-7-2-8-21-36)57-52(56-50)38-23-17-22-37(34-38)49-43-32-33-45-48(47(43)42-29-14-16-31-46(42)54-49)41-28-13-15-30-44(41)53(45,39-24-9-3-10-25-39)40-26-11-4-12-27-40;1-42(2)43(3,4)48-45(47-42)32-21-15-16-29(28-32)41-35-26-27-37-40(39(35)34-23-12-14-25-38(34)46-41)33-22-11-13-24-36(33)44(37,30-17-7-5-8-18-30)31-19-9-6-10-20-31;16-15-18-13(11-7-3-1-4-8-11)17-14(19-15)12-9-5-2-6-10-12/h1-34H;5-28H,1-4H3;1-10H. The highest BCUT2D eigenvalue weighted by atomic mass is 35.5. The first kappa shape index (κ1) is 76.5. The maximum Gasteiger partial charge on any atom is 0.494 e. The van der Waals surface area contributed by atoms with E-state index in [1.165, 1.54) is 77.5 Å². The van der Waals surface area contributed by atoms with E-state index >= 15 is 0 Å². The van der Waals surface area contributed by atoms with E-state index in [2.05, 4.69) is 334 Å². The van der Waals surface area contributed by atoms with Gasteiger partial charge < -0.3 is 9.31 Å². The lowest BCUT2D eigenvalue weighted by Gasteiger charge is -2.34. The lowest BCUT2D eigenvalue weighted by Crippen LogP contribution is -2.41. The number of fused-ring (bicyclic) bond motifs is 14. The Balaban J connectivity index is 0.000000127. The highest BCUT2D eigenvalue weighted by molar-refractivity contribution is 6.62. The average Bonchev–Trinajstić information content (AvgIpc) is 1.52. The fourth-order valence-corrected chi connectivity index (χ4v) is 18.9. The van der Waals surface area contributed by atoms with Crippen molar-refractivity contribution in [2.45, 2.75) is 49.7 Å². The maximum atomic E-state index is 6.46. The summed E-state index contributed by atoms with van der Waals surface area (Å²) < 4.78 is 12.9. The van der Waals surface area contributed by atoms with Crippen LogP contribution in [-0.2, 0) is 20.1 Å². The summed E-state index contributed by atoms with van der Waals surface area (Å²) in [6, 6.07) is 145. The average molecular weight is 1620 g/mol. The number of nitrogens with zero attached hydrogens (tertiary/aromatic N) is 8. The summed E-state index contributed by atoms with van der Waals surface area (Å²) in [5.74, 6) is 3.04. The molecule has 2 aliphatic carbocycles. The second kappa shape index (κ2) is 31.6. The summed E-state index contributed by atoms with van der Waals surface area (Å²) >= 11 is 5.99. The first-order chi connectivity index (χ1) is 60.9. The van der Waals surface area contributed by atoms with Crippen LogP contribution in [0.2, 0.25) is 5.28 Å². The molecule has 0 saturated carbocycles. The van der Waals surface area contributed by atoms with Crippen LogP contribution in [0.25, 0.3) is 145 Å². The van der Waals surface area contributed by atoms with Gasteiger partial charge in [0.1, 0.15) is 0 Å². The monoisotopic (exact) mass is 1610 g/mol. The zero-order valence-electron chi connectivity index (χ0n) is 68.6. The van der Waals surface area contributed by atoms with Gasteiger partial charge in [-0.1, -0.05) is 394 Å². The Morgan fingerprint density at radius 3 is 0.927 bits per heavy atom. The number of rotatable bonds is 12. The minimum Gasteiger partial charge on any atom is -0.399 e. The van der Waals surface area contributed by atoms with Crippen LogP contribution in [0.3, 0.4) is 0 Å². The van der Waals surface area contributed by atoms with Gasteiger partial charge in [0, 0.05) is 71.3 Å². The van der Waals surface area contributed by atoms with Gasteiger partial charge >= 0.3 is 7.12 Å². The lowest BCUT2D eigenvalue weighted by atomic mass is 9.67. The molecule has 0 spiro atoms. The van der Waals surface area contributed by atoms with Crippen LogP contribution in [0.4, 0.5) is 0 Å². The molecule has 20 aromatic rings. The van der Waals surface area contributed by atoms with E-state index < -0.39 is 29.2 Å². The van der Waals surface area contributed by atoms with Crippen LogP contribution < -0.4 is 5.46 Å². The number of benzene rings is 16. The van der Waals surface area contributed by atoms with Gasteiger partial charge in [0.05, 0.1) is 44.5 Å². The van der Waals surface area contributed by atoms with Crippen LogP contribution in [0.5, 0.6) is 0 Å². The van der Waals surface area contributed by atoms with E-state index in [1.807, 2.05) is 121 Å². The molecule has 12 heteroatoms. The van der Waals surface area contributed by atoms with Crippen molar-refractivity contribution in [3.8, 4) is 102 Å². The second-order valence-corrected chi connectivity index (χ2v) is 33.0. The molecule has 590 valence electrons. The Kier molecular flexibility index (Phi) is 19.5. The van der Waals surface area contributed by atoms with E-state index in [1.54, 1.807) is 0 Å². The number of para-hydroxylation sites is 2. The molecule has 16 aromatic carbocycles. The fourth-order valence-electron chi connectivity index (χ4n) is 18.7. The van der Waals surface area contributed by atoms with Gasteiger partial charge in [0.25, 0.3) is 0 Å². The number of aromatic nitrogens is 8. The molecule has 1 saturated heterocycles. The maximum absolute atomic E-state index is 6.46. The second-order valence-electron chi connectivity index (χ2n) is 32.6. The zero-order valence-corrected chi connectivity index (χ0v) is 69.4. The predicted octanol–water partition coefficient (Wildman–Crippen LogP) is 26.2. The highest BCUT2D eigenvalue weighted by Crippen LogP contribution is 2.61. The first-order valence-electron chi connectivity index (χ1n) is 42.0. The minimum absolute atomic E-state index is 0.202. The number of hydrogen-bond acceptors (Lipinski definition) is 10. The molecule has 0 radical (unpaired) electrons. The Hall–Kier alpha value is -14.8. The van der Waals surface area contributed by atoms with Crippen LogP contribution >= 0.6 is 11.6 Å². The van der Waals surface area contributed by atoms with Gasteiger partial charge in [-0.15, -0.1) is 0 Å². The number of pyridine rings is 2. The summed E-state index contributed by atoms with van der Waals surface area (Å²) in [7, 11) is -0.449. The van der Waals surface area contributed by atoms with Crippen molar-refractivity contribution >= 4 is 67.5 Å². The van der Waals surface area contributed by atoms with Crippen molar-refractivity contribution in [2.24, 2.45) is 0 Å². The van der Waals surface area contributed by atoms with E-state index in [0.29, 0.717) is 29.1 Å². The summed E-state index contributed by atoms with van der Waals surface area (Å²) in [6.07, 6.45) is 0. The number of hydrogen-bond donors (Lipinski definition) is 0. The fraction of sp³-hybridized carbons (Fsp3) is 0.0714. The van der Waals surface area contributed by atoms with Crippen molar-refractivity contribution in [3.63, 3.8) is 0 Å². The summed E-state index contributed by atoms with van der Waals surface area (Å²) in [5.41, 5.74) is 24.8. The Morgan fingerprint density at radius 1 is 0.242 bits per heavy atom. The molecule has 0 unspecified atom stereocenters. The Labute approximate surface area is 725 Å².